The molecule has 1 fully saturated rings. The summed E-state index contributed by atoms with van der Waals surface area (Å²) in [4.78, 5) is 12.3. The molecule has 0 radical (unpaired) electrons. The van der Waals surface area contributed by atoms with Crippen LogP contribution in [0.1, 0.15) is 12.8 Å². The summed E-state index contributed by atoms with van der Waals surface area (Å²) >= 11 is 0. The van der Waals surface area contributed by atoms with Crippen LogP contribution in [-0.4, -0.2) is 45.0 Å². The lowest BCUT2D eigenvalue weighted by molar-refractivity contribution is 0.134. The molecule has 0 atom stereocenters. The molecule has 1 aromatic heterocycles. The van der Waals surface area contributed by atoms with Crippen LogP contribution in [0.15, 0.2) is 42.6 Å². The number of rotatable bonds is 3. The molecule has 1 aromatic carbocycles. The molecule has 1 saturated heterocycles. The zero-order valence-electron chi connectivity index (χ0n) is 11.6. The minimum absolute atomic E-state index is 0.278. The molecule has 6 heteroatoms. The van der Waals surface area contributed by atoms with Gasteiger partial charge < -0.3 is 15.3 Å². The lowest BCUT2D eigenvalue weighted by Crippen LogP contribution is -2.41. The minimum Gasteiger partial charge on any atom is -0.465 e. The Bertz CT molecular complexity index is 603. The van der Waals surface area contributed by atoms with E-state index in [4.69, 9.17) is 5.11 Å². The molecule has 110 valence electrons. The summed E-state index contributed by atoms with van der Waals surface area (Å²) < 4.78 is 1.83. The average molecular weight is 286 g/mol. The maximum Gasteiger partial charge on any atom is 0.407 e. The molecule has 0 bridgehead atoms. The fraction of sp³-hybridized carbons (Fsp3) is 0.333. The van der Waals surface area contributed by atoms with Gasteiger partial charge in [0.25, 0.3) is 0 Å². The Morgan fingerprint density at radius 1 is 1.19 bits per heavy atom. The van der Waals surface area contributed by atoms with Crippen molar-refractivity contribution in [2.75, 3.05) is 18.4 Å². The van der Waals surface area contributed by atoms with E-state index in [1.165, 1.54) is 4.90 Å². The molecule has 3 rings (SSSR count). The molecule has 21 heavy (non-hydrogen) atoms. The molecular weight excluding hydrogens is 268 g/mol. The van der Waals surface area contributed by atoms with Gasteiger partial charge >= 0.3 is 6.09 Å². The zero-order chi connectivity index (χ0) is 14.7. The van der Waals surface area contributed by atoms with Crippen LogP contribution in [0.4, 0.5) is 10.6 Å². The first kappa shape index (κ1) is 13.5. The fourth-order valence-electron chi connectivity index (χ4n) is 2.55. The summed E-state index contributed by atoms with van der Waals surface area (Å²) in [6, 6.07) is 12.2. The first-order valence-corrected chi connectivity index (χ1v) is 7.08. The predicted molar refractivity (Wildman–Crippen MR) is 79.8 cm³/mol. The number of nitrogens with one attached hydrogen (secondary N) is 1. The second-order valence-corrected chi connectivity index (χ2v) is 5.17. The molecule has 6 nitrogen and oxygen atoms in total. The highest BCUT2D eigenvalue weighted by Crippen LogP contribution is 2.16. The van der Waals surface area contributed by atoms with Crippen molar-refractivity contribution in [1.82, 2.24) is 14.7 Å². The summed E-state index contributed by atoms with van der Waals surface area (Å²) in [5.41, 5.74) is 1.02. The highest BCUT2D eigenvalue weighted by Gasteiger charge is 2.22. The Morgan fingerprint density at radius 2 is 1.90 bits per heavy atom. The molecule has 2 N–H and O–H groups in total. The standard InChI is InChI=1S/C15H18N4O2/c20-15(21)18-9-6-12(7-10-18)16-14-8-11-19(17-14)13-4-2-1-3-5-13/h1-5,8,11-12H,6-7,9-10H2,(H,16,17)(H,20,21). The van der Waals surface area contributed by atoms with Crippen molar-refractivity contribution in [2.45, 2.75) is 18.9 Å². The lowest BCUT2D eigenvalue weighted by atomic mass is 10.1. The number of amides is 1. The fourth-order valence-corrected chi connectivity index (χ4v) is 2.55. The molecule has 2 aromatic rings. The number of carboxylic acid groups (broad SMARTS) is 1. The normalized spacial score (nSPS) is 15.9. The van der Waals surface area contributed by atoms with Crippen molar-refractivity contribution < 1.29 is 9.90 Å². The van der Waals surface area contributed by atoms with Gasteiger partial charge in [0.05, 0.1) is 5.69 Å². The molecule has 0 unspecified atom stereocenters. The van der Waals surface area contributed by atoms with Crippen LogP contribution in [0.25, 0.3) is 5.69 Å². The Balaban J connectivity index is 1.60. The SMILES string of the molecule is O=C(O)N1CCC(Nc2ccn(-c3ccccc3)n2)CC1. The number of piperidine rings is 1. The number of benzene rings is 1. The second-order valence-electron chi connectivity index (χ2n) is 5.17. The Morgan fingerprint density at radius 3 is 2.57 bits per heavy atom. The minimum atomic E-state index is -0.832. The van der Waals surface area contributed by atoms with E-state index in [9.17, 15) is 4.79 Å². The summed E-state index contributed by atoms with van der Waals surface area (Å²) in [6.07, 6.45) is 2.71. The molecule has 0 aliphatic carbocycles. The van der Waals surface area contributed by atoms with Crippen LogP contribution in [0.3, 0.4) is 0 Å². The van der Waals surface area contributed by atoms with E-state index in [1.54, 1.807) is 0 Å². The molecule has 0 saturated carbocycles. The largest absolute Gasteiger partial charge is 0.465 e. The number of nitrogens with zero attached hydrogens (tertiary/aromatic N) is 3. The van der Waals surface area contributed by atoms with Crippen LogP contribution < -0.4 is 5.32 Å². The van der Waals surface area contributed by atoms with Crippen LogP contribution in [0.5, 0.6) is 0 Å². The van der Waals surface area contributed by atoms with Gasteiger partial charge in [-0.2, -0.15) is 5.10 Å². The quantitative estimate of drug-likeness (QED) is 0.909. The molecule has 1 amide bonds. The predicted octanol–water partition coefficient (Wildman–Crippen LogP) is 2.43. The van der Waals surface area contributed by atoms with E-state index in [0.717, 1.165) is 24.3 Å². The van der Waals surface area contributed by atoms with Crippen LogP contribution in [0.2, 0.25) is 0 Å². The number of likely N-dealkylation sites (tertiary alicyclic amines) is 1. The van der Waals surface area contributed by atoms with Crippen molar-refractivity contribution in [1.29, 1.82) is 0 Å². The number of hydrogen-bond acceptors (Lipinski definition) is 3. The third-order valence-electron chi connectivity index (χ3n) is 3.73. The monoisotopic (exact) mass is 286 g/mol. The zero-order valence-corrected chi connectivity index (χ0v) is 11.6. The van der Waals surface area contributed by atoms with E-state index >= 15 is 0 Å². The van der Waals surface area contributed by atoms with Gasteiger partial charge in [0.15, 0.2) is 0 Å². The van der Waals surface area contributed by atoms with Gasteiger partial charge in [-0.25, -0.2) is 9.48 Å². The lowest BCUT2D eigenvalue weighted by Gasteiger charge is -2.30. The maximum atomic E-state index is 10.9. The second kappa shape index (κ2) is 5.87. The van der Waals surface area contributed by atoms with Gasteiger partial charge in [-0.3, -0.25) is 0 Å². The van der Waals surface area contributed by atoms with Crippen LogP contribution in [0, 0.1) is 0 Å². The van der Waals surface area contributed by atoms with Crippen LogP contribution in [-0.2, 0) is 0 Å². The number of hydrogen-bond donors (Lipinski definition) is 2. The van der Waals surface area contributed by atoms with E-state index in [-0.39, 0.29) is 6.04 Å². The van der Waals surface area contributed by atoms with Gasteiger partial charge in [-0.1, -0.05) is 18.2 Å². The number of para-hydroxylation sites is 1. The maximum absolute atomic E-state index is 10.9. The summed E-state index contributed by atoms with van der Waals surface area (Å²) in [5, 5.41) is 16.8. The Hall–Kier alpha value is -2.50. The van der Waals surface area contributed by atoms with Gasteiger partial charge in [-0.15, -0.1) is 0 Å². The molecule has 1 aliphatic rings. The third kappa shape index (κ3) is 3.16. The number of aromatic nitrogens is 2. The van der Waals surface area contributed by atoms with Crippen molar-refractivity contribution in [3.05, 3.63) is 42.6 Å². The van der Waals surface area contributed by atoms with Crippen molar-refractivity contribution >= 4 is 11.9 Å². The van der Waals surface area contributed by atoms with Crippen molar-refractivity contribution in [2.24, 2.45) is 0 Å². The van der Waals surface area contributed by atoms with E-state index in [2.05, 4.69) is 10.4 Å². The Labute approximate surface area is 123 Å². The van der Waals surface area contributed by atoms with E-state index in [1.807, 2.05) is 47.3 Å². The van der Waals surface area contributed by atoms with E-state index < -0.39 is 6.09 Å². The molecular formula is C15H18N4O2. The topological polar surface area (TPSA) is 70.4 Å². The summed E-state index contributed by atoms with van der Waals surface area (Å²) in [6.45, 7) is 1.15. The van der Waals surface area contributed by atoms with Gasteiger partial charge in [0.2, 0.25) is 0 Å². The number of carbonyl (C=O) groups is 1. The first-order valence-electron chi connectivity index (χ1n) is 7.08. The molecule has 2 heterocycles. The summed E-state index contributed by atoms with van der Waals surface area (Å²) in [7, 11) is 0. The van der Waals surface area contributed by atoms with Gasteiger partial charge in [-0.05, 0) is 25.0 Å². The van der Waals surface area contributed by atoms with Crippen molar-refractivity contribution in [3.63, 3.8) is 0 Å². The van der Waals surface area contributed by atoms with Crippen molar-refractivity contribution in [3.8, 4) is 5.69 Å². The van der Waals surface area contributed by atoms with Gasteiger partial charge in [0.1, 0.15) is 5.82 Å². The van der Waals surface area contributed by atoms with Gasteiger partial charge in [0, 0.05) is 31.4 Å². The average Bonchev–Trinajstić information content (AvgIpc) is 2.97. The third-order valence-corrected chi connectivity index (χ3v) is 3.73. The molecule has 0 spiro atoms. The smallest absolute Gasteiger partial charge is 0.407 e. The highest BCUT2D eigenvalue weighted by molar-refractivity contribution is 5.65. The number of anilines is 1. The first-order chi connectivity index (χ1) is 10.2. The highest BCUT2D eigenvalue weighted by atomic mass is 16.4. The Kier molecular flexibility index (Phi) is 3.77. The molecule has 1 aliphatic heterocycles. The van der Waals surface area contributed by atoms with E-state index in [0.29, 0.717) is 13.1 Å². The van der Waals surface area contributed by atoms with Crippen LogP contribution >= 0.6 is 0 Å². The summed E-state index contributed by atoms with van der Waals surface area (Å²) in [5.74, 6) is 0.827.